The first kappa shape index (κ1) is 32.0. The predicted molar refractivity (Wildman–Crippen MR) is 185 cm³/mol. The Morgan fingerprint density at radius 1 is 0.844 bits per heavy atom. The van der Waals surface area contributed by atoms with Crippen LogP contribution in [-0.2, 0) is 9.59 Å². The van der Waals surface area contributed by atoms with Crippen LogP contribution < -0.4 is 16.0 Å². The Bertz CT molecular complexity index is 1860. The van der Waals surface area contributed by atoms with Crippen molar-refractivity contribution in [2.75, 3.05) is 16.4 Å². The summed E-state index contributed by atoms with van der Waals surface area (Å²) in [6, 6.07) is 30.4. The van der Waals surface area contributed by atoms with E-state index in [0.29, 0.717) is 32.0 Å². The minimum absolute atomic E-state index is 0.0510. The van der Waals surface area contributed by atoms with Gasteiger partial charge in [-0.05, 0) is 55.5 Å². The fourth-order valence-electron chi connectivity index (χ4n) is 4.22. The number of hydrogen-bond donors (Lipinski definition) is 3. The molecule has 7 nitrogen and oxygen atoms in total. The number of anilines is 2. The van der Waals surface area contributed by atoms with Gasteiger partial charge in [0.1, 0.15) is 5.70 Å². The molecule has 3 N–H and O–H groups in total. The molecular weight excluding hydrogens is 647 g/mol. The smallest absolute Gasteiger partial charge is 0.272 e. The van der Waals surface area contributed by atoms with E-state index in [-0.39, 0.29) is 17.4 Å². The van der Waals surface area contributed by atoms with E-state index in [1.165, 1.54) is 29.2 Å². The molecule has 0 aliphatic rings. The minimum atomic E-state index is -0.580. The first-order valence-electron chi connectivity index (χ1n) is 13.7. The van der Waals surface area contributed by atoms with Gasteiger partial charge in [0.2, 0.25) is 5.91 Å². The molecule has 0 radical (unpaired) electrons. The van der Waals surface area contributed by atoms with E-state index in [1.54, 1.807) is 66.7 Å². The zero-order valence-corrected chi connectivity index (χ0v) is 27.0. The van der Waals surface area contributed by atoms with Crippen LogP contribution in [-0.4, -0.2) is 28.5 Å². The van der Waals surface area contributed by atoms with Crippen molar-refractivity contribution in [3.63, 3.8) is 0 Å². The molecule has 5 aromatic rings. The highest BCUT2D eigenvalue weighted by atomic mass is 35.5. The number of amides is 3. The van der Waals surface area contributed by atoms with Crippen LogP contribution in [0.15, 0.2) is 114 Å². The number of carbonyl (C=O) groups is 3. The van der Waals surface area contributed by atoms with Gasteiger partial charge in [-0.25, -0.2) is 4.98 Å². The Morgan fingerprint density at radius 3 is 2.22 bits per heavy atom. The highest BCUT2D eigenvalue weighted by molar-refractivity contribution is 8.00. The molecule has 0 unspecified atom stereocenters. The number of aromatic nitrogens is 1. The number of aryl methyl sites for hydroxylation is 1. The van der Waals surface area contributed by atoms with Crippen molar-refractivity contribution in [3.05, 3.63) is 135 Å². The lowest BCUT2D eigenvalue weighted by Gasteiger charge is -2.13. The molecule has 3 amide bonds. The van der Waals surface area contributed by atoms with E-state index in [2.05, 4.69) is 20.9 Å². The summed E-state index contributed by atoms with van der Waals surface area (Å²) < 4.78 is 0. The van der Waals surface area contributed by atoms with Crippen molar-refractivity contribution in [2.45, 2.75) is 11.8 Å². The third-order valence-electron chi connectivity index (χ3n) is 6.37. The fourth-order valence-corrected chi connectivity index (χ4v) is 6.33. The number of carbonyl (C=O) groups excluding carboxylic acids is 3. The first-order chi connectivity index (χ1) is 21.8. The lowest BCUT2D eigenvalue weighted by molar-refractivity contribution is -0.114. The molecule has 0 fully saturated rings. The predicted octanol–water partition coefficient (Wildman–Crippen LogP) is 8.57. The third kappa shape index (κ3) is 8.61. The SMILES string of the molecule is Cc1sc(NC(=O)CSc2cccc(NC(=O)/C(=C\c3c(Cl)cccc3Cl)NC(=O)c3ccccc3)c2)nc1-c1ccccc1. The minimum Gasteiger partial charge on any atom is -0.321 e. The number of rotatable bonds is 10. The second-order valence-corrected chi connectivity index (χ2v) is 12.7. The van der Waals surface area contributed by atoms with Gasteiger partial charge in [0.05, 0.1) is 11.4 Å². The summed E-state index contributed by atoms with van der Waals surface area (Å²) in [6.45, 7) is 1.97. The van der Waals surface area contributed by atoms with Gasteiger partial charge < -0.3 is 16.0 Å². The van der Waals surface area contributed by atoms with Crippen LogP contribution in [0.4, 0.5) is 10.8 Å². The largest absolute Gasteiger partial charge is 0.321 e. The normalized spacial score (nSPS) is 11.1. The lowest BCUT2D eigenvalue weighted by atomic mass is 10.1. The average Bonchev–Trinajstić information content (AvgIpc) is 3.41. The van der Waals surface area contributed by atoms with Crippen LogP contribution in [0.5, 0.6) is 0 Å². The number of thioether (sulfide) groups is 1. The van der Waals surface area contributed by atoms with Crippen molar-refractivity contribution in [2.24, 2.45) is 0 Å². The van der Waals surface area contributed by atoms with E-state index in [1.807, 2.05) is 43.3 Å². The van der Waals surface area contributed by atoms with Crippen molar-refractivity contribution in [1.29, 1.82) is 0 Å². The van der Waals surface area contributed by atoms with Crippen LogP contribution >= 0.6 is 46.3 Å². The Labute approximate surface area is 278 Å². The van der Waals surface area contributed by atoms with Crippen LogP contribution in [0.25, 0.3) is 17.3 Å². The summed E-state index contributed by atoms with van der Waals surface area (Å²) in [5.74, 6) is -1.11. The molecule has 11 heteroatoms. The van der Waals surface area contributed by atoms with Crippen molar-refractivity contribution in [1.82, 2.24) is 10.3 Å². The Hall–Kier alpha value is -4.41. The highest BCUT2D eigenvalue weighted by Gasteiger charge is 2.17. The topological polar surface area (TPSA) is 100 Å². The Balaban J connectivity index is 1.26. The van der Waals surface area contributed by atoms with Crippen molar-refractivity contribution in [3.8, 4) is 11.3 Å². The molecule has 0 atom stereocenters. The Morgan fingerprint density at radius 2 is 1.51 bits per heavy atom. The standard InChI is InChI=1S/C34H26Cl2N4O3S2/c1-21-31(22-10-4-2-5-11-22)40-34(45-21)39-30(41)20-44-25-15-8-14-24(18-25)37-33(43)29(19-26-27(35)16-9-17-28(26)36)38-32(42)23-12-6-3-7-13-23/h2-19H,20H2,1H3,(H,37,43)(H,38,42)(H,39,40,41)/b29-19+. The monoisotopic (exact) mass is 672 g/mol. The molecule has 0 aliphatic carbocycles. The average molecular weight is 674 g/mol. The van der Waals surface area contributed by atoms with Gasteiger partial charge >= 0.3 is 0 Å². The van der Waals surface area contributed by atoms with Crippen LogP contribution in [0.1, 0.15) is 20.8 Å². The maximum absolute atomic E-state index is 13.5. The molecule has 0 spiro atoms. The van der Waals surface area contributed by atoms with Crippen molar-refractivity contribution < 1.29 is 14.4 Å². The molecule has 0 saturated carbocycles. The van der Waals surface area contributed by atoms with Crippen molar-refractivity contribution >= 4 is 80.9 Å². The summed E-state index contributed by atoms with van der Waals surface area (Å²) in [5, 5.41) is 9.56. The lowest BCUT2D eigenvalue weighted by Crippen LogP contribution is -2.30. The van der Waals surface area contributed by atoms with Gasteiger partial charge in [-0.1, -0.05) is 83.9 Å². The van der Waals surface area contributed by atoms with E-state index in [0.717, 1.165) is 21.0 Å². The maximum Gasteiger partial charge on any atom is 0.272 e. The van der Waals surface area contributed by atoms with E-state index >= 15 is 0 Å². The summed E-state index contributed by atoms with van der Waals surface area (Å²) >= 11 is 15.4. The molecular formula is C34H26Cl2N4O3S2. The second-order valence-electron chi connectivity index (χ2n) is 9.62. The second kappa shape index (κ2) is 15.0. The molecule has 5 rings (SSSR count). The summed E-state index contributed by atoms with van der Waals surface area (Å²) in [5.41, 5.74) is 3.02. The van der Waals surface area contributed by atoms with Gasteiger partial charge in [0.15, 0.2) is 5.13 Å². The fraction of sp³-hybridized carbons (Fsp3) is 0.0588. The van der Waals surface area contributed by atoms with Gasteiger partial charge in [-0.3, -0.25) is 14.4 Å². The van der Waals surface area contributed by atoms with Gasteiger partial charge in [-0.2, -0.15) is 0 Å². The number of thiazole rings is 1. The molecule has 1 aromatic heterocycles. The van der Waals surface area contributed by atoms with Crippen LogP contribution in [0.2, 0.25) is 10.0 Å². The Kier molecular flexibility index (Phi) is 10.7. The summed E-state index contributed by atoms with van der Waals surface area (Å²) in [7, 11) is 0. The van der Waals surface area contributed by atoms with E-state index in [4.69, 9.17) is 23.2 Å². The molecule has 4 aromatic carbocycles. The molecule has 0 saturated heterocycles. The first-order valence-corrected chi connectivity index (χ1v) is 16.2. The molecule has 45 heavy (non-hydrogen) atoms. The maximum atomic E-state index is 13.5. The number of nitrogens with one attached hydrogen (secondary N) is 3. The molecule has 226 valence electrons. The van der Waals surface area contributed by atoms with Gasteiger partial charge in [0.25, 0.3) is 11.8 Å². The zero-order chi connectivity index (χ0) is 31.8. The molecule has 0 bridgehead atoms. The quantitative estimate of drug-likeness (QED) is 0.102. The summed E-state index contributed by atoms with van der Waals surface area (Å²) in [6.07, 6.45) is 1.44. The molecule has 1 heterocycles. The number of benzene rings is 4. The van der Waals surface area contributed by atoms with Gasteiger partial charge in [0, 0.05) is 42.2 Å². The van der Waals surface area contributed by atoms with Gasteiger partial charge in [-0.15, -0.1) is 23.1 Å². The number of halogens is 2. The van der Waals surface area contributed by atoms with E-state index in [9.17, 15) is 14.4 Å². The zero-order valence-electron chi connectivity index (χ0n) is 23.8. The van der Waals surface area contributed by atoms with Crippen LogP contribution in [0.3, 0.4) is 0 Å². The number of hydrogen-bond acceptors (Lipinski definition) is 6. The van der Waals surface area contributed by atoms with Crippen LogP contribution in [0, 0.1) is 6.92 Å². The van der Waals surface area contributed by atoms with E-state index < -0.39 is 11.8 Å². The molecule has 0 aliphatic heterocycles. The summed E-state index contributed by atoms with van der Waals surface area (Å²) in [4.78, 5) is 45.5. The third-order valence-corrected chi connectivity index (χ3v) is 8.91. The number of nitrogens with zero attached hydrogens (tertiary/aromatic N) is 1. The highest BCUT2D eigenvalue weighted by Crippen LogP contribution is 2.31.